The van der Waals surface area contributed by atoms with E-state index in [9.17, 15) is 8.42 Å². The lowest BCUT2D eigenvalue weighted by Crippen LogP contribution is -2.32. The highest BCUT2D eigenvalue weighted by Crippen LogP contribution is 2.23. The summed E-state index contributed by atoms with van der Waals surface area (Å²) in [6.45, 7) is 2.61. The van der Waals surface area contributed by atoms with Crippen molar-refractivity contribution in [2.45, 2.75) is 24.2 Å². The Morgan fingerprint density at radius 2 is 2.05 bits per heavy atom. The summed E-state index contributed by atoms with van der Waals surface area (Å²) in [5.74, 6) is 0.589. The lowest BCUT2D eigenvalue weighted by atomic mass is 9.94. The second kappa shape index (κ2) is 6.96. The first-order valence-corrected chi connectivity index (χ1v) is 8.98. The molecular formula is C14H22ClN3O2S. The van der Waals surface area contributed by atoms with Crippen molar-refractivity contribution in [3.63, 3.8) is 0 Å². The lowest BCUT2D eigenvalue weighted by Gasteiger charge is -2.28. The second-order valence-electron chi connectivity index (χ2n) is 5.62. The summed E-state index contributed by atoms with van der Waals surface area (Å²) in [7, 11) is -1.45. The van der Waals surface area contributed by atoms with Crippen LogP contribution in [0, 0.1) is 5.92 Å². The molecule has 21 heavy (non-hydrogen) atoms. The summed E-state index contributed by atoms with van der Waals surface area (Å²) >= 11 is 5.79. The number of piperidine rings is 1. The first-order valence-electron chi connectivity index (χ1n) is 7.12. The molecular weight excluding hydrogens is 310 g/mol. The number of hydrogen-bond donors (Lipinski definition) is 2. The van der Waals surface area contributed by atoms with Gasteiger partial charge in [0.2, 0.25) is 10.0 Å². The minimum atomic E-state index is -3.56. The van der Waals surface area contributed by atoms with E-state index in [4.69, 9.17) is 17.3 Å². The van der Waals surface area contributed by atoms with Crippen LogP contribution in [-0.2, 0) is 10.0 Å². The number of halogens is 1. The van der Waals surface area contributed by atoms with Crippen molar-refractivity contribution in [1.29, 1.82) is 0 Å². The van der Waals surface area contributed by atoms with E-state index in [-0.39, 0.29) is 10.6 Å². The van der Waals surface area contributed by atoms with Crippen molar-refractivity contribution < 1.29 is 8.42 Å². The molecule has 1 aliphatic rings. The third-order valence-corrected chi connectivity index (χ3v) is 5.71. The monoisotopic (exact) mass is 331 g/mol. The number of likely N-dealkylation sites (tertiary alicyclic amines) is 1. The first kappa shape index (κ1) is 16.5. The average molecular weight is 332 g/mol. The Balaban J connectivity index is 1.89. The van der Waals surface area contributed by atoms with E-state index in [1.165, 1.54) is 18.2 Å². The molecule has 0 atom stereocenters. The molecule has 1 aromatic rings. The predicted octanol–water partition coefficient (Wildman–Crippen LogP) is 1.93. The molecule has 0 bridgehead atoms. The van der Waals surface area contributed by atoms with Gasteiger partial charge in [0.25, 0.3) is 0 Å². The Bertz CT molecular complexity index is 584. The van der Waals surface area contributed by atoms with Gasteiger partial charge in [0.15, 0.2) is 0 Å². The van der Waals surface area contributed by atoms with Crippen molar-refractivity contribution in [3.05, 3.63) is 23.2 Å². The molecule has 0 amide bonds. The smallest absolute Gasteiger partial charge is 0.242 e. The van der Waals surface area contributed by atoms with E-state index in [1.807, 2.05) is 0 Å². The van der Waals surface area contributed by atoms with Crippen molar-refractivity contribution in [2.75, 3.05) is 32.4 Å². The van der Waals surface area contributed by atoms with Gasteiger partial charge in [-0.1, -0.05) is 11.6 Å². The van der Waals surface area contributed by atoms with Crippen molar-refractivity contribution in [2.24, 2.45) is 5.92 Å². The van der Waals surface area contributed by atoms with Gasteiger partial charge in [-0.3, -0.25) is 0 Å². The molecule has 1 fully saturated rings. The van der Waals surface area contributed by atoms with Crippen LogP contribution in [0.15, 0.2) is 23.1 Å². The summed E-state index contributed by atoms with van der Waals surface area (Å²) in [5, 5.41) is 0.428. The van der Waals surface area contributed by atoms with Gasteiger partial charge < -0.3 is 10.6 Å². The summed E-state index contributed by atoms with van der Waals surface area (Å²) in [4.78, 5) is 2.39. The van der Waals surface area contributed by atoms with Crippen molar-refractivity contribution >= 4 is 27.3 Å². The van der Waals surface area contributed by atoms with E-state index in [0.717, 1.165) is 32.4 Å². The number of nitrogens with two attached hydrogens (primary N) is 1. The molecule has 1 aliphatic heterocycles. The highest BCUT2D eigenvalue weighted by molar-refractivity contribution is 7.89. The highest BCUT2D eigenvalue weighted by atomic mass is 35.5. The van der Waals surface area contributed by atoms with Gasteiger partial charge in [0.1, 0.15) is 4.90 Å². The normalized spacial score (nSPS) is 18.0. The van der Waals surface area contributed by atoms with Gasteiger partial charge >= 0.3 is 0 Å². The fraction of sp³-hybridized carbons (Fsp3) is 0.571. The first-order chi connectivity index (χ1) is 9.88. The maximum Gasteiger partial charge on any atom is 0.242 e. The quantitative estimate of drug-likeness (QED) is 0.808. The average Bonchev–Trinajstić information content (AvgIpc) is 2.40. The highest BCUT2D eigenvalue weighted by Gasteiger charge is 2.20. The van der Waals surface area contributed by atoms with Crippen LogP contribution in [0.2, 0.25) is 5.02 Å². The van der Waals surface area contributed by atoms with Crippen LogP contribution in [0.25, 0.3) is 0 Å². The number of nitrogens with zero attached hydrogens (tertiary/aromatic N) is 1. The molecule has 0 unspecified atom stereocenters. The molecule has 5 nitrogen and oxygen atoms in total. The largest absolute Gasteiger partial charge is 0.398 e. The summed E-state index contributed by atoms with van der Waals surface area (Å²) in [6, 6.07) is 4.42. The third kappa shape index (κ3) is 4.57. The molecule has 1 aromatic carbocycles. The molecule has 0 spiro atoms. The van der Waals surface area contributed by atoms with Gasteiger partial charge in [0.05, 0.1) is 5.69 Å². The molecule has 118 valence electrons. The Kier molecular flexibility index (Phi) is 5.48. The number of sulfonamides is 1. The maximum absolute atomic E-state index is 12.2. The zero-order chi connectivity index (χ0) is 15.5. The molecule has 0 saturated carbocycles. The number of rotatable bonds is 5. The fourth-order valence-electron chi connectivity index (χ4n) is 2.59. The van der Waals surface area contributed by atoms with Crippen molar-refractivity contribution in [1.82, 2.24) is 9.62 Å². The van der Waals surface area contributed by atoms with Crippen LogP contribution in [0.4, 0.5) is 5.69 Å². The number of nitrogens with one attached hydrogen (secondary N) is 1. The Morgan fingerprint density at radius 1 is 1.38 bits per heavy atom. The number of benzene rings is 1. The van der Waals surface area contributed by atoms with Crippen LogP contribution < -0.4 is 10.5 Å². The van der Waals surface area contributed by atoms with Gasteiger partial charge in [0, 0.05) is 11.6 Å². The minimum absolute atomic E-state index is 0.0928. The molecule has 2 rings (SSSR count). The van der Waals surface area contributed by atoms with Gasteiger partial charge in [-0.15, -0.1) is 0 Å². The molecule has 7 heteroatoms. The van der Waals surface area contributed by atoms with Crippen LogP contribution in [0.1, 0.15) is 19.3 Å². The van der Waals surface area contributed by atoms with E-state index >= 15 is 0 Å². The molecule has 1 heterocycles. The zero-order valence-electron chi connectivity index (χ0n) is 12.2. The molecule has 0 aliphatic carbocycles. The summed E-state index contributed by atoms with van der Waals surface area (Å²) < 4.78 is 27.1. The lowest BCUT2D eigenvalue weighted by molar-refractivity contribution is 0.213. The van der Waals surface area contributed by atoms with E-state index < -0.39 is 10.0 Å². The van der Waals surface area contributed by atoms with Crippen LogP contribution in [0.5, 0.6) is 0 Å². The van der Waals surface area contributed by atoms with E-state index in [0.29, 0.717) is 17.5 Å². The summed E-state index contributed by atoms with van der Waals surface area (Å²) in [5.41, 5.74) is 5.90. The standard InChI is InChI=1S/C14H22ClN3O2S/c1-18-8-5-11(6-9-18)4-7-17-21(19,20)14-3-2-12(15)10-13(14)16/h2-3,10-11,17H,4-9,16H2,1H3. The molecule has 0 radical (unpaired) electrons. The van der Waals surface area contributed by atoms with Gasteiger partial charge in [-0.05, 0) is 63.5 Å². The second-order valence-corrected chi connectivity index (χ2v) is 7.79. The van der Waals surface area contributed by atoms with Crippen LogP contribution in [0.3, 0.4) is 0 Å². The Hall–Kier alpha value is -0.820. The number of hydrogen-bond acceptors (Lipinski definition) is 4. The maximum atomic E-state index is 12.2. The summed E-state index contributed by atoms with van der Waals surface area (Å²) in [6.07, 6.45) is 3.11. The van der Waals surface area contributed by atoms with Crippen LogP contribution in [-0.4, -0.2) is 40.0 Å². The number of nitrogen functional groups attached to an aromatic ring is 1. The van der Waals surface area contributed by atoms with E-state index in [1.54, 1.807) is 0 Å². The van der Waals surface area contributed by atoms with Crippen LogP contribution >= 0.6 is 11.6 Å². The molecule has 0 aromatic heterocycles. The van der Waals surface area contributed by atoms with Crippen molar-refractivity contribution in [3.8, 4) is 0 Å². The Labute approximate surface area is 131 Å². The van der Waals surface area contributed by atoms with Gasteiger partial charge in [-0.2, -0.15) is 0 Å². The molecule has 1 saturated heterocycles. The Morgan fingerprint density at radius 3 is 2.67 bits per heavy atom. The molecule has 3 N–H and O–H groups in total. The number of anilines is 1. The topological polar surface area (TPSA) is 75.4 Å². The third-order valence-electron chi connectivity index (χ3n) is 3.94. The SMILES string of the molecule is CN1CCC(CCNS(=O)(=O)c2ccc(Cl)cc2N)CC1. The van der Waals surface area contributed by atoms with Gasteiger partial charge in [-0.25, -0.2) is 13.1 Å². The predicted molar refractivity (Wildman–Crippen MR) is 85.9 cm³/mol. The fourth-order valence-corrected chi connectivity index (χ4v) is 3.93. The zero-order valence-corrected chi connectivity index (χ0v) is 13.8. The van der Waals surface area contributed by atoms with E-state index in [2.05, 4.69) is 16.7 Å². The minimum Gasteiger partial charge on any atom is -0.398 e.